The summed E-state index contributed by atoms with van der Waals surface area (Å²) in [6.07, 6.45) is 0. The molecule has 0 bridgehead atoms. The van der Waals surface area contributed by atoms with Crippen LogP contribution in [0.25, 0.3) is 0 Å². The summed E-state index contributed by atoms with van der Waals surface area (Å²) >= 11 is 0. The highest BCUT2D eigenvalue weighted by Gasteiger charge is 2.20. The summed E-state index contributed by atoms with van der Waals surface area (Å²) in [5.74, 6) is -1.07. The average molecular weight is 375 g/mol. The van der Waals surface area contributed by atoms with E-state index in [9.17, 15) is 18.0 Å². The van der Waals surface area contributed by atoms with Gasteiger partial charge in [0.05, 0.1) is 10.5 Å². The summed E-state index contributed by atoms with van der Waals surface area (Å²) in [7, 11) is -3.73. The third-order valence-electron chi connectivity index (χ3n) is 3.56. The molecule has 0 heterocycles. The topological polar surface area (TPSA) is 89.5 Å². The molecule has 26 heavy (non-hydrogen) atoms. The number of carbonyl (C=O) groups is 2. The minimum Gasteiger partial charge on any atom is -0.454 e. The zero-order chi connectivity index (χ0) is 19.3. The highest BCUT2D eigenvalue weighted by atomic mass is 32.2. The predicted molar refractivity (Wildman–Crippen MR) is 97.7 cm³/mol. The fraction of sp³-hybridized carbons (Fsp3) is 0.263. The zero-order valence-electron chi connectivity index (χ0n) is 14.9. The Kier molecular flexibility index (Phi) is 6.28. The Morgan fingerprint density at radius 1 is 1.08 bits per heavy atom. The van der Waals surface area contributed by atoms with Gasteiger partial charge in [-0.3, -0.25) is 4.79 Å². The molecule has 0 saturated heterocycles. The number of ketones is 1. The minimum atomic E-state index is -3.73. The Morgan fingerprint density at radius 2 is 1.73 bits per heavy atom. The fourth-order valence-electron chi connectivity index (χ4n) is 2.28. The molecule has 0 aliphatic carbocycles. The van der Waals surface area contributed by atoms with Gasteiger partial charge in [0, 0.05) is 11.6 Å². The molecule has 0 aromatic heterocycles. The van der Waals surface area contributed by atoms with Crippen LogP contribution < -0.4 is 4.72 Å². The Hall–Kier alpha value is -2.51. The van der Waals surface area contributed by atoms with Crippen LogP contribution in [-0.4, -0.2) is 32.8 Å². The molecule has 0 saturated carbocycles. The Balaban J connectivity index is 2.16. The molecule has 0 atom stereocenters. The fourth-order valence-corrected chi connectivity index (χ4v) is 3.56. The lowest BCUT2D eigenvalue weighted by Crippen LogP contribution is -2.30. The molecule has 0 aliphatic heterocycles. The third kappa shape index (κ3) is 5.00. The summed E-state index contributed by atoms with van der Waals surface area (Å²) in [5.41, 5.74) is 1.11. The number of sulfonamides is 1. The van der Waals surface area contributed by atoms with Gasteiger partial charge in [-0.2, -0.15) is 0 Å². The molecule has 0 spiro atoms. The summed E-state index contributed by atoms with van der Waals surface area (Å²) in [5, 5.41) is 0. The van der Waals surface area contributed by atoms with Crippen LogP contribution in [0.15, 0.2) is 53.4 Å². The van der Waals surface area contributed by atoms with E-state index in [0.29, 0.717) is 11.1 Å². The lowest BCUT2D eigenvalue weighted by Gasteiger charge is -2.12. The van der Waals surface area contributed by atoms with E-state index in [-0.39, 0.29) is 22.3 Å². The molecule has 0 unspecified atom stereocenters. The number of hydrogen-bond donors (Lipinski definition) is 1. The maximum Gasteiger partial charge on any atom is 0.338 e. The van der Waals surface area contributed by atoms with Gasteiger partial charge >= 0.3 is 5.97 Å². The summed E-state index contributed by atoms with van der Waals surface area (Å²) in [6.45, 7) is 4.66. The first kappa shape index (κ1) is 19.8. The molecule has 2 aromatic carbocycles. The van der Waals surface area contributed by atoms with Crippen LogP contribution in [0.4, 0.5) is 0 Å². The molecule has 6 nitrogen and oxygen atoms in total. The monoisotopic (exact) mass is 375 g/mol. The van der Waals surface area contributed by atoms with Crippen molar-refractivity contribution in [1.29, 1.82) is 0 Å². The van der Waals surface area contributed by atoms with Crippen LogP contribution in [0.5, 0.6) is 0 Å². The van der Waals surface area contributed by atoms with E-state index in [0.717, 1.165) is 0 Å². The van der Waals surface area contributed by atoms with Crippen LogP contribution in [0.2, 0.25) is 0 Å². The second kappa shape index (κ2) is 8.25. The number of carbonyl (C=O) groups excluding carboxylic acids is 2. The number of rotatable bonds is 7. The summed E-state index contributed by atoms with van der Waals surface area (Å²) in [4.78, 5) is 24.3. The predicted octanol–water partition coefficient (Wildman–Crippen LogP) is 2.72. The van der Waals surface area contributed by atoms with Crippen molar-refractivity contribution in [3.63, 3.8) is 0 Å². The lowest BCUT2D eigenvalue weighted by atomic mass is 10.1. The van der Waals surface area contributed by atoms with Crippen molar-refractivity contribution in [1.82, 2.24) is 4.72 Å². The molecular formula is C19H21NO5S. The van der Waals surface area contributed by atoms with Gasteiger partial charge in [0.25, 0.3) is 0 Å². The highest BCUT2D eigenvalue weighted by Crippen LogP contribution is 2.17. The Labute approximate surface area is 153 Å². The summed E-state index contributed by atoms with van der Waals surface area (Å²) < 4.78 is 32.1. The van der Waals surface area contributed by atoms with Crippen LogP contribution in [-0.2, 0) is 14.8 Å². The van der Waals surface area contributed by atoms with Crippen molar-refractivity contribution in [3.05, 3.63) is 65.2 Å². The number of nitrogens with one attached hydrogen (secondary N) is 1. The van der Waals surface area contributed by atoms with Crippen LogP contribution in [0.1, 0.15) is 40.1 Å². The maximum absolute atomic E-state index is 12.3. The second-order valence-corrected chi connectivity index (χ2v) is 7.83. The van der Waals surface area contributed by atoms with E-state index in [4.69, 9.17) is 4.74 Å². The van der Waals surface area contributed by atoms with Gasteiger partial charge < -0.3 is 4.74 Å². The van der Waals surface area contributed by atoms with Crippen molar-refractivity contribution < 1.29 is 22.7 Å². The van der Waals surface area contributed by atoms with E-state index < -0.39 is 22.6 Å². The molecule has 0 amide bonds. The standard InChI is InChI=1S/C19H21NO5S/c1-13(2)20-26(23,24)16-10-9-14(3)17(11-16)19(22)25-12-18(21)15-7-5-4-6-8-15/h4-11,13,20H,12H2,1-3H3. The number of benzene rings is 2. The van der Waals surface area contributed by atoms with Gasteiger partial charge in [0.1, 0.15) is 0 Å². The van der Waals surface area contributed by atoms with Gasteiger partial charge in [-0.05, 0) is 38.5 Å². The molecule has 138 valence electrons. The maximum atomic E-state index is 12.3. The average Bonchev–Trinajstić information content (AvgIpc) is 2.59. The molecule has 0 radical (unpaired) electrons. The van der Waals surface area contributed by atoms with Crippen molar-refractivity contribution >= 4 is 21.8 Å². The number of aryl methyl sites for hydroxylation is 1. The first-order valence-corrected chi connectivity index (χ1v) is 9.57. The van der Waals surface area contributed by atoms with Gasteiger partial charge in [0.2, 0.25) is 10.0 Å². The molecule has 0 aliphatic rings. The van der Waals surface area contributed by atoms with Gasteiger partial charge in [0.15, 0.2) is 12.4 Å². The quantitative estimate of drug-likeness (QED) is 0.594. The molecule has 1 N–H and O–H groups in total. The van der Waals surface area contributed by atoms with Gasteiger partial charge in [-0.1, -0.05) is 36.4 Å². The van der Waals surface area contributed by atoms with Gasteiger partial charge in [-0.25, -0.2) is 17.9 Å². The smallest absolute Gasteiger partial charge is 0.338 e. The van der Waals surface area contributed by atoms with E-state index in [2.05, 4.69) is 4.72 Å². The number of hydrogen-bond acceptors (Lipinski definition) is 5. The molecule has 7 heteroatoms. The molecular weight excluding hydrogens is 354 g/mol. The first-order chi connectivity index (χ1) is 12.2. The van der Waals surface area contributed by atoms with Crippen LogP contribution in [0, 0.1) is 6.92 Å². The van der Waals surface area contributed by atoms with Crippen molar-refractivity contribution in [2.24, 2.45) is 0 Å². The van der Waals surface area contributed by atoms with Gasteiger partial charge in [-0.15, -0.1) is 0 Å². The van der Waals surface area contributed by atoms with E-state index in [1.54, 1.807) is 51.1 Å². The molecule has 2 aromatic rings. The highest BCUT2D eigenvalue weighted by molar-refractivity contribution is 7.89. The summed E-state index contributed by atoms with van der Waals surface area (Å²) in [6, 6.07) is 12.4. The lowest BCUT2D eigenvalue weighted by molar-refractivity contribution is 0.0473. The Bertz CT molecular complexity index is 905. The van der Waals surface area contributed by atoms with Crippen molar-refractivity contribution in [3.8, 4) is 0 Å². The third-order valence-corrected chi connectivity index (χ3v) is 5.22. The normalized spacial score (nSPS) is 11.4. The Morgan fingerprint density at radius 3 is 2.35 bits per heavy atom. The molecule has 2 rings (SSSR count). The van der Waals surface area contributed by atoms with E-state index in [1.807, 2.05) is 0 Å². The van der Waals surface area contributed by atoms with Crippen LogP contribution >= 0.6 is 0 Å². The number of esters is 1. The first-order valence-electron chi connectivity index (χ1n) is 8.09. The molecule has 0 fully saturated rings. The minimum absolute atomic E-state index is 0.0295. The van der Waals surface area contributed by atoms with Crippen molar-refractivity contribution in [2.75, 3.05) is 6.61 Å². The second-order valence-electron chi connectivity index (χ2n) is 6.12. The number of Topliss-reactive ketones (excluding diaryl/α,β-unsaturated/α-hetero) is 1. The van der Waals surface area contributed by atoms with E-state index >= 15 is 0 Å². The zero-order valence-corrected chi connectivity index (χ0v) is 15.7. The van der Waals surface area contributed by atoms with Crippen molar-refractivity contribution in [2.45, 2.75) is 31.7 Å². The largest absolute Gasteiger partial charge is 0.454 e. The van der Waals surface area contributed by atoms with E-state index in [1.165, 1.54) is 18.2 Å². The SMILES string of the molecule is Cc1ccc(S(=O)(=O)NC(C)C)cc1C(=O)OCC(=O)c1ccccc1. The van der Waals surface area contributed by atoms with Crippen LogP contribution in [0.3, 0.4) is 0 Å². The number of ether oxygens (including phenoxy) is 1.